The van der Waals surface area contributed by atoms with Gasteiger partial charge in [0.15, 0.2) is 5.54 Å². The molecule has 3 atom stereocenters. The van der Waals surface area contributed by atoms with Gasteiger partial charge in [-0.1, -0.05) is 17.7 Å². The van der Waals surface area contributed by atoms with Crippen LogP contribution in [0.3, 0.4) is 0 Å². The highest BCUT2D eigenvalue weighted by molar-refractivity contribution is 7.93. The molecule has 3 unspecified atom stereocenters. The van der Waals surface area contributed by atoms with Gasteiger partial charge >= 0.3 is 0 Å². The quantitative estimate of drug-likeness (QED) is 0.205. The van der Waals surface area contributed by atoms with Gasteiger partial charge in [-0.2, -0.15) is 0 Å². The predicted octanol–water partition coefficient (Wildman–Crippen LogP) is 5.06. The number of rotatable bonds is 12. The number of β-amino-alcohol motifs (C(OH)–C–C–N with tert-alkyl or cyclic N) is 1. The third kappa shape index (κ3) is 7.37. The molecule has 3 aromatic carbocycles. The number of ether oxygens (including phenoxy) is 3. The number of likely N-dealkylation sites (tertiary alicyclic amines) is 1. The molecule has 294 valence electrons. The van der Waals surface area contributed by atoms with Crippen molar-refractivity contribution < 1.29 is 36.9 Å². The smallest absolute Gasteiger partial charge is 0.271 e. The Bertz CT molecular complexity index is 2100. The Morgan fingerprint density at radius 3 is 2.33 bits per heavy atom. The number of hydrogen-bond donors (Lipinski definition) is 1. The molecule has 15 heteroatoms. The molecule has 0 spiro atoms. The van der Waals surface area contributed by atoms with E-state index in [0.717, 1.165) is 36.0 Å². The number of benzene rings is 3. The summed E-state index contributed by atoms with van der Waals surface area (Å²) in [6, 6.07) is 16.0. The number of nitrogens with zero attached hydrogens (tertiary/aromatic N) is 5. The van der Waals surface area contributed by atoms with E-state index in [4.69, 9.17) is 30.2 Å². The number of amides is 1. The van der Waals surface area contributed by atoms with Crippen molar-refractivity contribution in [2.45, 2.75) is 61.9 Å². The van der Waals surface area contributed by atoms with Crippen LogP contribution in [-0.2, 0) is 31.6 Å². The topological polar surface area (TPSA) is 138 Å². The second-order valence-electron chi connectivity index (χ2n) is 15.1. The normalized spacial score (nSPS) is 22.7. The Hall–Kier alpha value is -4.02. The number of oxazole rings is 1. The average molecular weight is 794 g/mol. The SMILES string of the molecule is COc1ccc(S(=O)(=O)N2C(=O)C(c3cc(CN4CCN(CCO)CC4)ccc3OC)(N3CC(OC(C)(C)C)CC3c3ncco3)c3cc(Cl)ccc32)cc1. The number of methoxy groups -OCH3 is 2. The van der Waals surface area contributed by atoms with E-state index in [1.807, 2.05) is 43.9 Å². The molecule has 3 aliphatic heterocycles. The molecular weight excluding hydrogens is 746 g/mol. The molecular formula is C40H48ClN5O8S. The van der Waals surface area contributed by atoms with Crippen molar-refractivity contribution >= 4 is 33.2 Å². The largest absolute Gasteiger partial charge is 0.497 e. The molecule has 4 aromatic rings. The second-order valence-corrected chi connectivity index (χ2v) is 17.3. The van der Waals surface area contributed by atoms with Crippen molar-refractivity contribution in [1.29, 1.82) is 0 Å². The van der Waals surface area contributed by atoms with Gasteiger partial charge in [-0.15, -0.1) is 0 Å². The number of sulfonamides is 1. The highest BCUT2D eigenvalue weighted by atomic mass is 35.5. The number of aliphatic hydroxyl groups excluding tert-OH is 1. The van der Waals surface area contributed by atoms with Gasteiger partial charge in [0.1, 0.15) is 17.8 Å². The Balaban J connectivity index is 1.45. The van der Waals surface area contributed by atoms with Crippen molar-refractivity contribution in [2.75, 3.05) is 64.4 Å². The predicted molar refractivity (Wildman–Crippen MR) is 207 cm³/mol. The van der Waals surface area contributed by atoms with Gasteiger partial charge in [0.2, 0.25) is 5.89 Å². The van der Waals surface area contributed by atoms with E-state index in [1.165, 1.54) is 32.6 Å². The molecule has 7 rings (SSSR count). The number of hydrogen-bond acceptors (Lipinski definition) is 12. The van der Waals surface area contributed by atoms with Crippen LogP contribution >= 0.6 is 11.6 Å². The second kappa shape index (κ2) is 15.5. The van der Waals surface area contributed by atoms with Crippen LogP contribution in [0.1, 0.15) is 55.8 Å². The van der Waals surface area contributed by atoms with Crippen molar-refractivity contribution in [3.8, 4) is 11.5 Å². The van der Waals surface area contributed by atoms with E-state index in [1.54, 1.807) is 36.5 Å². The Labute approximate surface area is 327 Å². The van der Waals surface area contributed by atoms with Gasteiger partial charge in [0, 0.05) is 62.0 Å². The highest BCUT2D eigenvalue weighted by Crippen LogP contribution is 2.57. The summed E-state index contributed by atoms with van der Waals surface area (Å²) in [4.78, 5) is 26.9. The number of aliphatic hydroxyl groups is 1. The summed E-state index contributed by atoms with van der Waals surface area (Å²) in [6.45, 7) is 10.7. The van der Waals surface area contributed by atoms with Crippen LogP contribution < -0.4 is 13.8 Å². The summed E-state index contributed by atoms with van der Waals surface area (Å²) in [5.74, 6) is 0.510. The van der Waals surface area contributed by atoms with Crippen molar-refractivity contribution in [3.63, 3.8) is 0 Å². The fourth-order valence-corrected chi connectivity index (χ4v) is 9.86. The summed E-state index contributed by atoms with van der Waals surface area (Å²) < 4.78 is 54.5. The molecule has 2 saturated heterocycles. The summed E-state index contributed by atoms with van der Waals surface area (Å²) in [5, 5.41) is 9.78. The molecule has 13 nitrogen and oxygen atoms in total. The van der Waals surface area contributed by atoms with Gasteiger partial charge in [-0.3, -0.25) is 19.5 Å². The Morgan fingerprint density at radius 1 is 0.964 bits per heavy atom. The van der Waals surface area contributed by atoms with Gasteiger partial charge in [0.05, 0.1) is 55.4 Å². The van der Waals surface area contributed by atoms with Crippen molar-refractivity contribution in [3.05, 3.63) is 101 Å². The number of aromatic nitrogens is 1. The maximum absolute atomic E-state index is 16.0. The van der Waals surface area contributed by atoms with Gasteiger partial charge in [-0.05, 0) is 87.4 Å². The fraction of sp³-hybridized carbons (Fsp3) is 0.450. The van der Waals surface area contributed by atoms with Crippen molar-refractivity contribution in [2.24, 2.45) is 0 Å². The van der Waals surface area contributed by atoms with E-state index in [-0.39, 0.29) is 29.8 Å². The van der Waals surface area contributed by atoms with Crippen LogP contribution in [0.15, 0.2) is 82.4 Å². The van der Waals surface area contributed by atoms with Crippen LogP contribution in [-0.4, -0.2) is 111 Å². The van der Waals surface area contributed by atoms with E-state index < -0.39 is 33.1 Å². The zero-order valence-electron chi connectivity index (χ0n) is 31.8. The fourth-order valence-electron chi connectivity index (χ4n) is 8.22. The molecule has 55 heavy (non-hydrogen) atoms. The van der Waals surface area contributed by atoms with Crippen LogP contribution in [0.5, 0.6) is 11.5 Å². The summed E-state index contributed by atoms with van der Waals surface area (Å²) in [6.07, 6.45) is 3.07. The van der Waals surface area contributed by atoms with Crippen molar-refractivity contribution in [1.82, 2.24) is 19.7 Å². The van der Waals surface area contributed by atoms with E-state index >= 15 is 4.79 Å². The first kappa shape index (κ1) is 39.2. The standard InChI is InChI=1S/C40H48ClN5O8S/c1-39(2,3)54-30-24-35(37-42-14-21-53-37)45(26-30)40(33-22-27(6-13-36(33)52-5)25-44-17-15-43(16-18-44)19-20-47)32-23-28(41)7-12-34(32)46(38(40)48)55(49,50)31-10-8-29(51-4)9-11-31/h6-14,21-23,30,35,47H,15-20,24-26H2,1-5H3. The molecule has 3 aliphatic rings. The maximum Gasteiger partial charge on any atom is 0.271 e. The number of piperazine rings is 1. The molecule has 1 N–H and O–H groups in total. The molecule has 0 saturated carbocycles. The summed E-state index contributed by atoms with van der Waals surface area (Å²) in [7, 11) is -1.47. The first-order chi connectivity index (χ1) is 26.3. The monoisotopic (exact) mass is 793 g/mol. The van der Waals surface area contributed by atoms with E-state index in [0.29, 0.717) is 53.0 Å². The Morgan fingerprint density at radius 2 is 1.69 bits per heavy atom. The zero-order valence-corrected chi connectivity index (χ0v) is 33.3. The third-order valence-electron chi connectivity index (χ3n) is 10.6. The van der Waals surface area contributed by atoms with Gasteiger partial charge < -0.3 is 23.7 Å². The lowest BCUT2D eigenvalue weighted by molar-refractivity contribution is -0.128. The minimum Gasteiger partial charge on any atom is -0.497 e. The van der Waals surface area contributed by atoms with Crippen LogP contribution in [0.4, 0.5) is 5.69 Å². The molecule has 1 amide bonds. The molecule has 0 radical (unpaired) electrons. The lowest BCUT2D eigenvalue weighted by atomic mass is 9.80. The highest BCUT2D eigenvalue weighted by Gasteiger charge is 2.64. The molecule has 0 aliphatic carbocycles. The number of carbonyl (C=O) groups excluding carboxylic acids is 1. The van der Waals surface area contributed by atoms with E-state index in [2.05, 4.69) is 14.8 Å². The van der Waals surface area contributed by atoms with Crippen LogP contribution in [0.25, 0.3) is 0 Å². The zero-order chi connectivity index (χ0) is 39.1. The minimum absolute atomic E-state index is 0.0842. The summed E-state index contributed by atoms with van der Waals surface area (Å²) >= 11 is 6.80. The number of fused-ring (bicyclic) bond motifs is 1. The minimum atomic E-state index is -4.51. The van der Waals surface area contributed by atoms with Crippen LogP contribution in [0.2, 0.25) is 5.02 Å². The number of carbonyl (C=O) groups is 1. The third-order valence-corrected chi connectivity index (χ3v) is 12.5. The molecule has 1 aromatic heterocycles. The van der Waals surface area contributed by atoms with Gasteiger partial charge in [0.25, 0.3) is 15.9 Å². The molecule has 0 bridgehead atoms. The number of anilines is 1. The molecule has 2 fully saturated rings. The summed E-state index contributed by atoms with van der Waals surface area (Å²) in [5.41, 5.74) is -0.422. The average Bonchev–Trinajstić information content (AvgIpc) is 3.89. The Kier molecular flexibility index (Phi) is 11.0. The molecule has 4 heterocycles. The number of halogens is 1. The lowest BCUT2D eigenvalue weighted by Gasteiger charge is -2.41. The first-order valence-electron chi connectivity index (χ1n) is 18.4. The maximum atomic E-state index is 16.0. The van der Waals surface area contributed by atoms with E-state index in [9.17, 15) is 13.5 Å². The first-order valence-corrected chi connectivity index (χ1v) is 20.2. The van der Waals surface area contributed by atoms with Gasteiger partial charge in [-0.25, -0.2) is 17.7 Å². The lowest BCUT2D eigenvalue weighted by Crippen LogP contribution is -2.55. The van der Waals surface area contributed by atoms with Crippen LogP contribution in [0, 0.1) is 0 Å².